The molecule has 0 aromatic rings. The first-order chi connectivity index (χ1) is 47.2. The van der Waals surface area contributed by atoms with Crippen LogP contribution in [-0.4, -0.2) is 95.9 Å². The van der Waals surface area contributed by atoms with E-state index < -0.39 is 91.5 Å². The largest absolute Gasteiger partial charge is 0.472 e. The number of aliphatic hydroxyl groups excluding tert-OH is 2. The third kappa shape index (κ3) is 72.5. The maximum atomic E-state index is 12.9. The van der Waals surface area contributed by atoms with Gasteiger partial charge in [0.2, 0.25) is 0 Å². The average Bonchev–Trinajstić information content (AvgIpc) is 1.86. The highest BCUT2D eigenvalue weighted by Crippen LogP contribution is 2.45. The molecule has 0 saturated carbocycles. The van der Waals surface area contributed by atoms with E-state index in [9.17, 15) is 43.5 Å². The van der Waals surface area contributed by atoms with E-state index in [-0.39, 0.29) is 19.3 Å². The molecule has 0 rings (SSSR count). The standard InChI is InChI=1S/C79H132O16P2/c1-4-7-10-13-16-19-22-25-28-30-32-33-34-35-36-37-38-39-41-43-45-47-50-53-56-59-62-65-77(82)89-68-74(80)69-91-96(85,86)92-70-75(81)71-93-97(87,88)94-73-76(95-79(84)67-64-61-58-55-52-49-44-27-24-21-18-15-12-9-6-3)72-90-78(83)66-63-60-57-54-51-48-46-42-40-31-29-26-23-20-17-14-11-8-5-2/h7-8,10-11,16-17,19-20,25-26,28-29,32-33,35-36,38-40,42,48,51,57,60,74-76,80-81H,4-6,9,12-15,18,21-24,27,30-31,34,37,41,43-47,49-50,52-56,58-59,61-73H2,1-3H3,(H,85,86)(H,87,88)/b10-7-,11-8-,19-16-,20-17-,28-25-,29-26-,33-32-,36-35-,39-38-,42-40-,51-48-,60-57-. The van der Waals surface area contributed by atoms with E-state index in [1.807, 2.05) is 18.2 Å². The second kappa shape index (κ2) is 71.3. The maximum absolute atomic E-state index is 12.9. The van der Waals surface area contributed by atoms with Crippen molar-refractivity contribution in [3.05, 3.63) is 146 Å². The number of hydrogen-bond acceptors (Lipinski definition) is 14. The molecule has 0 aliphatic heterocycles. The fraction of sp³-hybridized carbons (Fsp3) is 0.658. The van der Waals surface area contributed by atoms with Crippen LogP contribution >= 0.6 is 15.6 Å². The van der Waals surface area contributed by atoms with Gasteiger partial charge in [0.05, 0.1) is 26.4 Å². The third-order valence-electron chi connectivity index (χ3n) is 15.1. The Morgan fingerprint density at radius 3 is 0.928 bits per heavy atom. The monoisotopic (exact) mass is 1400 g/mol. The van der Waals surface area contributed by atoms with Crippen molar-refractivity contribution in [2.75, 3.05) is 39.6 Å². The number of unbranched alkanes of at least 4 members (excludes halogenated alkanes) is 22. The van der Waals surface area contributed by atoms with E-state index in [2.05, 4.69) is 148 Å². The summed E-state index contributed by atoms with van der Waals surface area (Å²) in [6.45, 7) is 2.35. The highest BCUT2D eigenvalue weighted by atomic mass is 31.2. The number of ether oxygens (including phenoxy) is 3. The molecule has 554 valence electrons. The predicted molar refractivity (Wildman–Crippen MR) is 399 cm³/mol. The summed E-state index contributed by atoms with van der Waals surface area (Å²) in [5.74, 6) is -1.68. The summed E-state index contributed by atoms with van der Waals surface area (Å²) >= 11 is 0. The lowest BCUT2D eigenvalue weighted by atomic mass is 10.0. The van der Waals surface area contributed by atoms with Gasteiger partial charge in [-0.05, 0) is 109 Å². The van der Waals surface area contributed by atoms with E-state index in [1.54, 1.807) is 0 Å². The number of carbonyl (C=O) groups is 3. The van der Waals surface area contributed by atoms with Crippen LogP contribution in [-0.2, 0) is 55.8 Å². The number of aliphatic hydroxyl groups is 2. The van der Waals surface area contributed by atoms with Gasteiger partial charge in [-0.3, -0.25) is 32.5 Å². The fourth-order valence-corrected chi connectivity index (χ4v) is 11.1. The Kier molecular flexibility index (Phi) is 67.9. The first-order valence-corrected chi connectivity index (χ1v) is 40.1. The Morgan fingerprint density at radius 2 is 0.567 bits per heavy atom. The molecule has 0 aromatic heterocycles. The summed E-state index contributed by atoms with van der Waals surface area (Å²) < 4.78 is 60.9. The van der Waals surface area contributed by atoms with Gasteiger partial charge in [-0.1, -0.05) is 295 Å². The summed E-state index contributed by atoms with van der Waals surface area (Å²) in [7, 11) is -9.81. The van der Waals surface area contributed by atoms with E-state index in [0.717, 1.165) is 128 Å². The molecule has 0 saturated heterocycles. The normalized spacial score (nSPS) is 14.9. The van der Waals surface area contributed by atoms with Crippen molar-refractivity contribution in [3.63, 3.8) is 0 Å². The van der Waals surface area contributed by atoms with Gasteiger partial charge in [-0.25, -0.2) is 9.13 Å². The van der Waals surface area contributed by atoms with Gasteiger partial charge in [0.1, 0.15) is 25.4 Å². The van der Waals surface area contributed by atoms with Gasteiger partial charge in [-0.15, -0.1) is 0 Å². The smallest absolute Gasteiger partial charge is 0.463 e. The minimum atomic E-state index is -4.95. The first-order valence-electron chi connectivity index (χ1n) is 37.1. The Bertz CT molecular complexity index is 2350. The zero-order valence-electron chi connectivity index (χ0n) is 60.2. The molecule has 0 heterocycles. The van der Waals surface area contributed by atoms with Crippen molar-refractivity contribution in [2.45, 2.75) is 296 Å². The Morgan fingerprint density at radius 1 is 0.299 bits per heavy atom. The van der Waals surface area contributed by atoms with Gasteiger partial charge in [0.15, 0.2) is 6.10 Å². The summed E-state index contributed by atoms with van der Waals surface area (Å²) in [4.78, 5) is 58.5. The summed E-state index contributed by atoms with van der Waals surface area (Å²) in [6.07, 6.45) is 86.2. The van der Waals surface area contributed by atoms with Crippen LogP contribution in [0.5, 0.6) is 0 Å². The lowest BCUT2D eigenvalue weighted by Crippen LogP contribution is -2.30. The first kappa shape index (κ1) is 92.4. The predicted octanol–water partition coefficient (Wildman–Crippen LogP) is 21.3. The molecule has 18 heteroatoms. The second-order valence-electron chi connectivity index (χ2n) is 24.3. The molecule has 0 fully saturated rings. The zero-order valence-corrected chi connectivity index (χ0v) is 62.0. The van der Waals surface area contributed by atoms with Crippen molar-refractivity contribution < 1.29 is 75.8 Å². The molecule has 97 heavy (non-hydrogen) atoms. The van der Waals surface area contributed by atoms with E-state index in [1.165, 1.54) is 83.5 Å². The molecule has 0 aliphatic rings. The molecule has 0 bridgehead atoms. The van der Waals surface area contributed by atoms with Crippen LogP contribution in [0, 0.1) is 0 Å². The highest BCUT2D eigenvalue weighted by Gasteiger charge is 2.29. The van der Waals surface area contributed by atoms with Gasteiger partial charge in [0.25, 0.3) is 0 Å². The maximum Gasteiger partial charge on any atom is 0.472 e. The SMILES string of the molecule is CC/C=C\C/C=C\C/C=C\C/C=C\C/C=C\C/C=C\CCCCCCCCCCC(=O)OCC(O)COP(=O)(O)OCC(O)COP(=O)(O)OCC(COC(=O)CC/C=C\C/C=C\C/C=C\C/C=C\C/C=C\C/C=C\CC)OC(=O)CCCCCCCCCCCCCCCCC. The minimum absolute atomic E-state index is 0.0434. The van der Waals surface area contributed by atoms with Crippen LogP contribution in [0.1, 0.15) is 278 Å². The van der Waals surface area contributed by atoms with E-state index >= 15 is 0 Å². The van der Waals surface area contributed by atoms with Crippen molar-refractivity contribution in [2.24, 2.45) is 0 Å². The van der Waals surface area contributed by atoms with Crippen LogP contribution in [0.4, 0.5) is 0 Å². The van der Waals surface area contributed by atoms with Crippen LogP contribution in [0.3, 0.4) is 0 Å². The number of phosphoric ester groups is 2. The molecular formula is C79H132O16P2. The average molecular weight is 1400 g/mol. The van der Waals surface area contributed by atoms with Crippen molar-refractivity contribution >= 4 is 33.6 Å². The highest BCUT2D eigenvalue weighted by molar-refractivity contribution is 7.47. The lowest BCUT2D eigenvalue weighted by molar-refractivity contribution is -0.161. The van der Waals surface area contributed by atoms with E-state index in [0.29, 0.717) is 25.7 Å². The molecule has 0 aromatic carbocycles. The Labute approximate surface area is 587 Å². The molecular weight excluding hydrogens is 1270 g/mol. The molecule has 0 amide bonds. The summed E-state index contributed by atoms with van der Waals surface area (Å²) in [5, 5.41) is 20.6. The van der Waals surface area contributed by atoms with Gasteiger partial charge >= 0.3 is 33.6 Å². The fourth-order valence-electron chi connectivity index (χ4n) is 9.48. The number of rotatable bonds is 69. The van der Waals surface area contributed by atoms with Crippen molar-refractivity contribution in [1.82, 2.24) is 0 Å². The Hall–Kier alpha value is -4.57. The molecule has 5 atom stereocenters. The lowest BCUT2D eigenvalue weighted by Gasteiger charge is -2.21. The number of carbonyl (C=O) groups excluding carboxylic acids is 3. The topological polar surface area (TPSA) is 231 Å². The molecule has 0 radical (unpaired) electrons. The molecule has 16 nitrogen and oxygen atoms in total. The number of hydrogen-bond donors (Lipinski definition) is 4. The second-order valence-corrected chi connectivity index (χ2v) is 27.2. The van der Waals surface area contributed by atoms with Crippen LogP contribution in [0.15, 0.2) is 146 Å². The number of allylic oxidation sites excluding steroid dienone is 24. The summed E-state index contributed by atoms with van der Waals surface area (Å²) in [5.41, 5.74) is 0. The zero-order chi connectivity index (χ0) is 70.9. The Balaban J connectivity index is 4.63. The van der Waals surface area contributed by atoms with Gasteiger partial charge < -0.3 is 34.2 Å². The van der Waals surface area contributed by atoms with Crippen molar-refractivity contribution in [3.8, 4) is 0 Å². The van der Waals surface area contributed by atoms with Gasteiger partial charge in [-0.2, -0.15) is 0 Å². The van der Waals surface area contributed by atoms with Crippen LogP contribution in [0.2, 0.25) is 0 Å². The van der Waals surface area contributed by atoms with E-state index in [4.69, 9.17) is 32.3 Å². The minimum Gasteiger partial charge on any atom is -0.463 e. The van der Waals surface area contributed by atoms with Crippen molar-refractivity contribution in [1.29, 1.82) is 0 Å². The number of esters is 3. The molecule has 4 N–H and O–H groups in total. The molecule has 0 aliphatic carbocycles. The van der Waals surface area contributed by atoms with Gasteiger partial charge in [0, 0.05) is 19.3 Å². The number of phosphoric acid groups is 2. The molecule has 5 unspecified atom stereocenters. The molecule has 0 spiro atoms. The van der Waals surface area contributed by atoms with Crippen LogP contribution < -0.4 is 0 Å². The summed E-state index contributed by atoms with van der Waals surface area (Å²) in [6, 6.07) is 0. The van der Waals surface area contributed by atoms with Crippen LogP contribution in [0.25, 0.3) is 0 Å². The third-order valence-corrected chi connectivity index (χ3v) is 17.0. The quantitative estimate of drug-likeness (QED) is 0.0146.